The fourth-order valence-corrected chi connectivity index (χ4v) is 8.36. The van der Waals surface area contributed by atoms with Crippen molar-refractivity contribution in [3.8, 4) is 6.07 Å². The molecule has 5 aromatic rings. The van der Waals surface area contributed by atoms with Gasteiger partial charge in [0.05, 0.1) is 57.7 Å². The van der Waals surface area contributed by atoms with Crippen molar-refractivity contribution in [2.75, 3.05) is 68.9 Å². The van der Waals surface area contributed by atoms with Crippen molar-refractivity contribution in [2.24, 2.45) is 0 Å². The van der Waals surface area contributed by atoms with Gasteiger partial charge in [-0.2, -0.15) is 23.5 Å². The van der Waals surface area contributed by atoms with Gasteiger partial charge in [0.2, 0.25) is 0 Å². The third-order valence-electron chi connectivity index (χ3n) is 10.1. The summed E-state index contributed by atoms with van der Waals surface area (Å²) in [5, 5.41) is 32.8. The fourth-order valence-electron chi connectivity index (χ4n) is 6.77. The SMILES string of the molecule is C[C@](O)(CS(=O)(=O)c1ccc(NCCOCCN2CCN(C(=O)c3cc(Cc4n[nH]c(=O)c5ccccc45)ccc3F)CC2)cc1)C(=O)Nc1ccc(C#N)c(C(F)(F)F)c1. The molecule has 1 fully saturated rings. The number of aliphatic hydroxyl groups is 1. The third-order valence-corrected chi connectivity index (χ3v) is 12.0. The number of amides is 2. The number of sulfone groups is 1. The number of benzene rings is 4. The summed E-state index contributed by atoms with van der Waals surface area (Å²) >= 11 is 0. The number of piperazine rings is 1. The predicted molar refractivity (Wildman–Crippen MR) is 217 cm³/mol. The van der Waals surface area contributed by atoms with E-state index in [1.165, 1.54) is 42.5 Å². The second-order valence-corrected chi connectivity index (χ2v) is 16.6. The molecule has 2 heterocycles. The molecule has 1 aliphatic rings. The first-order valence-corrected chi connectivity index (χ1v) is 20.7. The average molecular weight is 864 g/mol. The largest absolute Gasteiger partial charge is 0.417 e. The van der Waals surface area contributed by atoms with Gasteiger partial charge >= 0.3 is 6.18 Å². The number of hydrogen-bond acceptors (Lipinski definition) is 11. The summed E-state index contributed by atoms with van der Waals surface area (Å²) in [7, 11) is -4.24. The van der Waals surface area contributed by atoms with Crippen LogP contribution in [0.1, 0.15) is 39.7 Å². The van der Waals surface area contributed by atoms with E-state index < -0.39 is 56.1 Å². The molecular formula is C42H41F4N7O7S. The third kappa shape index (κ3) is 11.0. The Labute approximate surface area is 347 Å². The lowest BCUT2D eigenvalue weighted by atomic mass is 10.0. The minimum absolute atomic E-state index is 0.0303. The summed E-state index contributed by atoms with van der Waals surface area (Å²) in [4.78, 5) is 41.8. The number of halogens is 4. The zero-order valence-electron chi connectivity index (χ0n) is 32.8. The van der Waals surface area contributed by atoms with E-state index in [0.717, 1.165) is 19.1 Å². The van der Waals surface area contributed by atoms with Gasteiger partial charge in [-0.05, 0) is 73.2 Å². The Morgan fingerprint density at radius 3 is 2.33 bits per heavy atom. The van der Waals surface area contributed by atoms with Crippen LogP contribution in [0.2, 0.25) is 0 Å². The molecule has 14 nitrogen and oxygen atoms in total. The molecule has 2 amide bonds. The van der Waals surface area contributed by atoms with E-state index in [1.807, 2.05) is 0 Å². The number of nitrogens with zero attached hydrogens (tertiary/aromatic N) is 4. The number of carbonyl (C=O) groups excluding carboxylic acids is 2. The molecule has 1 atom stereocenters. The van der Waals surface area contributed by atoms with Crippen LogP contribution in [-0.4, -0.2) is 109 Å². The molecule has 0 saturated carbocycles. The zero-order valence-corrected chi connectivity index (χ0v) is 33.6. The summed E-state index contributed by atoms with van der Waals surface area (Å²) in [6, 6.07) is 20.8. The van der Waals surface area contributed by atoms with E-state index in [9.17, 15) is 45.5 Å². The van der Waals surface area contributed by atoms with Crippen molar-refractivity contribution in [1.29, 1.82) is 5.26 Å². The standard InChI is InChI=1S/C42H41F4N7O7S/c1-41(57,40(56)49-30-8-7-28(25-47)35(24-30)42(44,45)46)26-61(58,59)31-11-9-29(10-12-31)48-14-20-60-21-19-52-15-17-53(18-16-52)39(55)34-22-27(6-13-36(34)43)23-37-32-4-2-3-5-33(32)38(54)51-50-37/h2-13,22,24,48,57H,14-21,23,26H2,1H3,(H,49,56)(H,51,54)/t41-/m0/s1. The molecule has 0 bridgehead atoms. The zero-order chi connectivity index (χ0) is 44.0. The summed E-state index contributed by atoms with van der Waals surface area (Å²) in [6.07, 6.45) is -4.59. The van der Waals surface area contributed by atoms with Gasteiger partial charge in [-0.25, -0.2) is 17.9 Å². The molecule has 1 aliphatic heterocycles. The summed E-state index contributed by atoms with van der Waals surface area (Å²) in [5.41, 5.74) is -3.36. The van der Waals surface area contributed by atoms with E-state index >= 15 is 0 Å². The Morgan fingerprint density at radius 2 is 1.64 bits per heavy atom. The molecule has 1 aromatic heterocycles. The van der Waals surface area contributed by atoms with Gasteiger partial charge in [-0.1, -0.05) is 24.3 Å². The number of hydrogen-bond donors (Lipinski definition) is 4. The predicted octanol–water partition coefficient (Wildman–Crippen LogP) is 4.59. The maximum atomic E-state index is 14.9. The molecule has 19 heteroatoms. The van der Waals surface area contributed by atoms with Crippen molar-refractivity contribution in [3.63, 3.8) is 0 Å². The number of anilines is 2. The second kappa shape index (κ2) is 18.6. The molecule has 0 spiro atoms. The highest BCUT2D eigenvalue weighted by molar-refractivity contribution is 7.91. The lowest BCUT2D eigenvalue weighted by molar-refractivity contribution is -0.137. The molecule has 0 aliphatic carbocycles. The maximum absolute atomic E-state index is 14.9. The quantitative estimate of drug-likeness (QED) is 0.0849. The fraction of sp³-hybridized carbons (Fsp3) is 0.310. The monoisotopic (exact) mass is 863 g/mol. The average Bonchev–Trinajstić information content (AvgIpc) is 3.23. The van der Waals surface area contributed by atoms with Crippen LogP contribution in [0.5, 0.6) is 0 Å². The number of nitrogens with one attached hydrogen (secondary N) is 3. The molecule has 1 saturated heterocycles. The first-order valence-electron chi connectivity index (χ1n) is 19.0. The van der Waals surface area contributed by atoms with Crippen molar-refractivity contribution >= 4 is 43.8 Å². The molecular weight excluding hydrogens is 823 g/mol. The van der Waals surface area contributed by atoms with Crippen LogP contribution in [-0.2, 0) is 32.0 Å². The number of rotatable bonds is 15. The number of ether oxygens (including phenoxy) is 1. The van der Waals surface area contributed by atoms with Gasteiger partial charge < -0.3 is 25.4 Å². The summed E-state index contributed by atoms with van der Waals surface area (Å²) in [6.45, 7) is 4.56. The smallest absolute Gasteiger partial charge is 0.383 e. The van der Waals surface area contributed by atoms with Crippen molar-refractivity contribution < 1.29 is 45.4 Å². The Balaban J connectivity index is 0.907. The number of aromatic nitrogens is 2. The summed E-state index contributed by atoms with van der Waals surface area (Å²) < 4.78 is 86.8. The first kappa shape index (κ1) is 44.4. The van der Waals surface area contributed by atoms with Gasteiger partial charge in [0, 0.05) is 62.5 Å². The minimum atomic E-state index is -4.89. The van der Waals surface area contributed by atoms with Crippen LogP contribution in [0, 0.1) is 17.1 Å². The lowest BCUT2D eigenvalue weighted by Crippen LogP contribution is -2.49. The molecule has 6 rings (SSSR count). The van der Waals surface area contributed by atoms with Crippen LogP contribution in [0.15, 0.2) is 94.6 Å². The Morgan fingerprint density at radius 1 is 0.951 bits per heavy atom. The van der Waals surface area contributed by atoms with Crippen molar-refractivity contribution in [3.05, 3.63) is 129 Å². The van der Waals surface area contributed by atoms with Gasteiger partial charge in [0.15, 0.2) is 15.4 Å². The summed E-state index contributed by atoms with van der Waals surface area (Å²) in [5.74, 6) is -3.35. The van der Waals surface area contributed by atoms with Gasteiger partial charge in [-0.15, -0.1) is 0 Å². The van der Waals surface area contributed by atoms with E-state index in [1.54, 1.807) is 35.2 Å². The Bertz CT molecular complexity index is 2620. The highest BCUT2D eigenvalue weighted by Gasteiger charge is 2.38. The van der Waals surface area contributed by atoms with Crippen LogP contribution >= 0.6 is 0 Å². The molecule has 4 aromatic carbocycles. The number of fused-ring (bicyclic) bond motifs is 1. The van der Waals surface area contributed by atoms with Gasteiger partial charge in [0.1, 0.15) is 5.82 Å². The van der Waals surface area contributed by atoms with E-state index in [-0.39, 0.29) is 21.7 Å². The van der Waals surface area contributed by atoms with Crippen LogP contribution in [0.4, 0.5) is 28.9 Å². The molecule has 0 unspecified atom stereocenters. The van der Waals surface area contributed by atoms with Crippen molar-refractivity contribution in [1.82, 2.24) is 20.0 Å². The Kier molecular flexibility index (Phi) is 13.5. The number of carbonyl (C=O) groups is 2. The van der Waals surface area contributed by atoms with Gasteiger partial charge in [0.25, 0.3) is 17.4 Å². The molecule has 4 N–H and O–H groups in total. The first-order chi connectivity index (χ1) is 28.9. The molecule has 0 radical (unpaired) electrons. The number of nitriles is 1. The number of aromatic amines is 1. The number of H-pyrrole nitrogens is 1. The second-order valence-electron chi connectivity index (χ2n) is 14.6. The number of alkyl halides is 3. The van der Waals surface area contributed by atoms with Gasteiger partial charge in [-0.3, -0.25) is 19.3 Å². The van der Waals surface area contributed by atoms with Crippen LogP contribution in [0.25, 0.3) is 10.8 Å². The normalized spacial score (nSPS) is 14.6. The molecule has 320 valence electrons. The van der Waals surface area contributed by atoms with Crippen LogP contribution in [0.3, 0.4) is 0 Å². The van der Waals surface area contributed by atoms with Crippen LogP contribution < -0.4 is 16.2 Å². The topological polar surface area (TPSA) is 198 Å². The molecule has 61 heavy (non-hydrogen) atoms. The minimum Gasteiger partial charge on any atom is -0.383 e. The highest BCUT2D eigenvalue weighted by atomic mass is 32.2. The van der Waals surface area contributed by atoms with Crippen molar-refractivity contribution in [2.45, 2.75) is 30.0 Å². The van der Waals surface area contributed by atoms with E-state index in [4.69, 9.17) is 10.00 Å². The highest BCUT2D eigenvalue weighted by Crippen LogP contribution is 2.34. The maximum Gasteiger partial charge on any atom is 0.417 e. The van der Waals surface area contributed by atoms with E-state index in [0.29, 0.717) is 92.7 Å². The van der Waals surface area contributed by atoms with E-state index in [2.05, 4.69) is 25.7 Å². The Hall–Kier alpha value is -6.20. The lowest BCUT2D eigenvalue weighted by Gasteiger charge is -2.34.